The van der Waals surface area contributed by atoms with Gasteiger partial charge in [-0.3, -0.25) is 14.4 Å². The van der Waals surface area contributed by atoms with E-state index >= 15 is 0 Å². The first-order valence-electron chi connectivity index (χ1n) is 14.6. The topological polar surface area (TPSA) is 99.8 Å². The fourth-order valence-electron chi connectivity index (χ4n) is 5.42. The van der Waals surface area contributed by atoms with Crippen LogP contribution in [0, 0.1) is 0 Å². The summed E-state index contributed by atoms with van der Waals surface area (Å²) in [6, 6.07) is 14.6. The van der Waals surface area contributed by atoms with Crippen LogP contribution >= 0.6 is 0 Å². The Morgan fingerprint density at radius 3 is 2.50 bits per heavy atom. The quantitative estimate of drug-likeness (QED) is 0.460. The standard InChI is InChI=1S/C31H39F3N4O4/c32-31(33,34)21-35-20-24-11-4-5-17-42-25-12-6-10-23(18-25)19-27(38-16-7-13-28(38)39)30(41)37-26(29(40)36-24)15-14-22-8-2-1-3-9-22/h1-3,6,8-10,12,18,24,26-27,35H,4-5,7,11,13-17,19-21H2,(H,36,40)(H,37,41)/t24-,26-,27-/m0/s1. The molecule has 2 aliphatic rings. The van der Waals surface area contributed by atoms with Crippen molar-refractivity contribution in [2.75, 3.05) is 26.2 Å². The second kappa shape index (κ2) is 15.0. The van der Waals surface area contributed by atoms with Gasteiger partial charge in [0.25, 0.3) is 0 Å². The zero-order chi connectivity index (χ0) is 30.0. The lowest BCUT2D eigenvalue weighted by Gasteiger charge is -2.30. The van der Waals surface area contributed by atoms with Crippen molar-refractivity contribution >= 4 is 17.7 Å². The summed E-state index contributed by atoms with van der Waals surface area (Å²) < 4.78 is 44.3. The Labute approximate surface area is 244 Å². The van der Waals surface area contributed by atoms with Gasteiger partial charge in [0.15, 0.2) is 0 Å². The van der Waals surface area contributed by atoms with Crippen molar-refractivity contribution in [2.45, 2.75) is 75.7 Å². The van der Waals surface area contributed by atoms with Gasteiger partial charge in [0, 0.05) is 32.0 Å². The zero-order valence-electron chi connectivity index (χ0n) is 23.6. The number of hydrogen-bond acceptors (Lipinski definition) is 5. The molecule has 3 amide bonds. The average Bonchev–Trinajstić information content (AvgIpc) is 3.38. The van der Waals surface area contributed by atoms with Crippen molar-refractivity contribution in [1.82, 2.24) is 20.9 Å². The second-order valence-electron chi connectivity index (χ2n) is 10.9. The van der Waals surface area contributed by atoms with Crippen LogP contribution in [0.2, 0.25) is 0 Å². The van der Waals surface area contributed by atoms with Crippen LogP contribution in [0.25, 0.3) is 0 Å². The summed E-state index contributed by atoms with van der Waals surface area (Å²) in [5.74, 6) is -0.375. The lowest BCUT2D eigenvalue weighted by Crippen LogP contribution is -2.56. The van der Waals surface area contributed by atoms with E-state index in [0.717, 1.165) is 11.1 Å². The number of carbonyl (C=O) groups is 3. The van der Waals surface area contributed by atoms with E-state index in [1.165, 1.54) is 0 Å². The third kappa shape index (κ3) is 9.75. The van der Waals surface area contributed by atoms with Crippen LogP contribution < -0.4 is 20.7 Å². The van der Waals surface area contributed by atoms with Crippen molar-refractivity contribution in [3.8, 4) is 5.75 Å². The maximum Gasteiger partial charge on any atom is 0.401 e. The monoisotopic (exact) mass is 588 g/mol. The molecule has 4 rings (SSSR count). The number of halogens is 3. The van der Waals surface area contributed by atoms with Gasteiger partial charge in [-0.25, -0.2) is 0 Å². The summed E-state index contributed by atoms with van der Waals surface area (Å²) in [6.45, 7) is -0.397. The molecule has 2 heterocycles. The molecule has 1 saturated heterocycles. The van der Waals surface area contributed by atoms with Crippen molar-refractivity contribution in [3.63, 3.8) is 0 Å². The number of ether oxygens (including phenoxy) is 1. The molecular formula is C31H39F3N4O4. The fraction of sp³-hybridized carbons (Fsp3) is 0.516. The molecule has 1 fully saturated rings. The minimum Gasteiger partial charge on any atom is -0.494 e. The summed E-state index contributed by atoms with van der Waals surface area (Å²) in [5, 5.41) is 8.19. The van der Waals surface area contributed by atoms with Gasteiger partial charge in [-0.05, 0) is 61.8 Å². The van der Waals surface area contributed by atoms with Crippen LogP contribution in [0.1, 0.15) is 49.7 Å². The molecule has 228 valence electrons. The largest absolute Gasteiger partial charge is 0.494 e. The Morgan fingerprint density at radius 1 is 0.952 bits per heavy atom. The molecule has 2 aromatic carbocycles. The van der Waals surface area contributed by atoms with Crippen LogP contribution in [0.3, 0.4) is 0 Å². The summed E-state index contributed by atoms with van der Waals surface area (Å²) in [6.07, 6.45) is -0.618. The lowest BCUT2D eigenvalue weighted by atomic mass is 10.0. The minimum atomic E-state index is -4.38. The third-order valence-electron chi connectivity index (χ3n) is 7.59. The van der Waals surface area contributed by atoms with E-state index in [4.69, 9.17) is 4.74 Å². The fourth-order valence-corrected chi connectivity index (χ4v) is 5.42. The predicted octanol–water partition coefficient (Wildman–Crippen LogP) is 3.54. The highest BCUT2D eigenvalue weighted by Crippen LogP contribution is 2.21. The van der Waals surface area contributed by atoms with Gasteiger partial charge < -0.3 is 25.6 Å². The molecule has 2 bridgehead atoms. The van der Waals surface area contributed by atoms with Crippen LogP contribution in [-0.2, 0) is 27.2 Å². The minimum absolute atomic E-state index is 0.0710. The van der Waals surface area contributed by atoms with E-state index in [9.17, 15) is 27.6 Å². The first kappa shape index (κ1) is 31.3. The number of alkyl halides is 3. The first-order chi connectivity index (χ1) is 20.2. The van der Waals surface area contributed by atoms with Gasteiger partial charge in [-0.15, -0.1) is 0 Å². The molecule has 2 aliphatic heterocycles. The average molecular weight is 589 g/mol. The number of likely N-dealkylation sites (tertiary alicyclic amines) is 1. The molecule has 11 heteroatoms. The Morgan fingerprint density at radius 2 is 1.76 bits per heavy atom. The second-order valence-corrected chi connectivity index (χ2v) is 10.9. The molecule has 8 nitrogen and oxygen atoms in total. The van der Waals surface area contributed by atoms with Gasteiger partial charge in [-0.1, -0.05) is 42.5 Å². The Balaban J connectivity index is 1.59. The van der Waals surface area contributed by atoms with Crippen molar-refractivity contribution in [1.29, 1.82) is 0 Å². The smallest absolute Gasteiger partial charge is 0.401 e. The number of aryl methyl sites for hydroxylation is 1. The number of amides is 3. The van der Waals surface area contributed by atoms with Crippen LogP contribution in [-0.4, -0.2) is 73.2 Å². The Kier molecular flexibility index (Phi) is 11.2. The highest BCUT2D eigenvalue weighted by molar-refractivity contribution is 5.92. The molecule has 0 aliphatic carbocycles. The molecule has 3 atom stereocenters. The number of carbonyl (C=O) groups excluding carboxylic acids is 3. The number of fused-ring (bicyclic) bond motifs is 2. The van der Waals surface area contributed by atoms with Crippen molar-refractivity contribution in [3.05, 3.63) is 65.7 Å². The van der Waals surface area contributed by atoms with E-state index in [1.54, 1.807) is 4.90 Å². The van der Waals surface area contributed by atoms with E-state index in [1.807, 2.05) is 54.6 Å². The Hall–Kier alpha value is -3.60. The van der Waals surface area contributed by atoms with E-state index < -0.39 is 42.7 Å². The summed E-state index contributed by atoms with van der Waals surface area (Å²) in [7, 11) is 0. The molecule has 0 saturated carbocycles. The number of nitrogens with zero attached hydrogens (tertiary/aromatic N) is 1. The lowest BCUT2D eigenvalue weighted by molar-refractivity contribution is -0.138. The maximum atomic E-state index is 13.8. The molecular weight excluding hydrogens is 549 g/mol. The number of rotatable bonds is 7. The molecule has 0 unspecified atom stereocenters. The van der Waals surface area contributed by atoms with E-state index in [2.05, 4.69) is 16.0 Å². The summed E-state index contributed by atoms with van der Waals surface area (Å²) in [4.78, 5) is 41.7. The van der Waals surface area contributed by atoms with Crippen LogP contribution in [0.15, 0.2) is 54.6 Å². The van der Waals surface area contributed by atoms with E-state index in [0.29, 0.717) is 57.4 Å². The molecule has 0 radical (unpaired) electrons. The zero-order valence-corrected chi connectivity index (χ0v) is 23.6. The molecule has 42 heavy (non-hydrogen) atoms. The normalized spacial score (nSPS) is 22.8. The van der Waals surface area contributed by atoms with Gasteiger partial charge in [0.2, 0.25) is 17.7 Å². The Bertz CT molecular complexity index is 1190. The maximum absolute atomic E-state index is 13.8. The molecule has 3 N–H and O–H groups in total. The van der Waals surface area contributed by atoms with Crippen molar-refractivity contribution in [2.24, 2.45) is 0 Å². The van der Waals surface area contributed by atoms with Crippen molar-refractivity contribution < 1.29 is 32.3 Å². The van der Waals surface area contributed by atoms with Gasteiger partial charge >= 0.3 is 6.18 Å². The highest BCUT2D eigenvalue weighted by Gasteiger charge is 2.35. The van der Waals surface area contributed by atoms with Crippen LogP contribution in [0.5, 0.6) is 5.75 Å². The van der Waals surface area contributed by atoms with E-state index in [-0.39, 0.29) is 25.3 Å². The van der Waals surface area contributed by atoms with Crippen LogP contribution in [0.4, 0.5) is 13.2 Å². The molecule has 0 aromatic heterocycles. The predicted molar refractivity (Wildman–Crippen MR) is 152 cm³/mol. The highest BCUT2D eigenvalue weighted by atomic mass is 19.4. The van der Waals surface area contributed by atoms with Gasteiger partial charge in [-0.2, -0.15) is 13.2 Å². The molecule has 2 aromatic rings. The molecule has 0 spiro atoms. The number of nitrogens with one attached hydrogen (secondary N) is 3. The number of hydrogen-bond donors (Lipinski definition) is 3. The SMILES string of the molecule is O=C1N[C@H](CNCC(F)(F)F)CCCCOc2cccc(c2)C[C@H](N2CCCC2=O)C(=O)N[C@H]1CCc1ccccc1. The van der Waals surface area contributed by atoms with Gasteiger partial charge in [0.1, 0.15) is 17.8 Å². The third-order valence-corrected chi connectivity index (χ3v) is 7.59. The summed E-state index contributed by atoms with van der Waals surface area (Å²) >= 11 is 0. The number of benzene rings is 2. The first-order valence-corrected chi connectivity index (χ1v) is 14.6. The summed E-state index contributed by atoms with van der Waals surface area (Å²) in [5.41, 5.74) is 1.82. The van der Waals surface area contributed by atoms with Gasteiger partial charge in [0.05, 0.1) is 13.2 Å².